The first-order valence-electron chi connectivity index (χ1n) is 6.48. The number of carbonyl (C=O) groups excluding carboxylic acids is 1. The zero-order valence-electron chi connectivity index (χ0n) is 12.0. The van der Waals surface area contributed by atoms with Crippen molar-refractivity contribution in [3.05, 3.63) is 63.6 Å². The second-order valence-electron chi connectivity index (χ2n) is 4.59. The molecule has 0 fully saturated rings. The largest absolute Gasteiger partial charge is 0.488 e. The summed E-state index contributed by atoms with van der Waals surface area (Å²) in [6.07, 6.45) is -4.48. The number of ether oxygens (including phenoxy) is 2. The summed E-state index contributed by atoms with van der Waals surface area (Å²) in [4.78, 5) is 11.5. The van der Waals surface area contributed by atoms with Crippen molar-refractivity contribution in [3.63, 3.8) is 0 Å². The highest BCUT2D eigenvalue weighted by molar-refractivity contribution is 9.10. The quantitative estimate of drug-likeness (QED) is 0.703. The molecule has 23 heavy (non-hydrogen) atoms. The lowest BCUT2D eigenvalue weighted by Gasteiger charge is -2.14. The fourth-order valence-corrected chi connectivity index (χ4v) is 2.50. The molecule has 0 heterocycles. The van der Waals surface area contributed by atoms with E-state index in [1.165, 1.54) is 31.4 Å². The van der Waals surface area contributed by atoms with Crippen LogP contribution in [0.5, 0.6) is 5.75 Å². The van der Waals surface area contributed by atoms with Gasteiger partial charge in [-0.1, -0.05) is 18.2 Å². The minimum Gasteiger partial charge on any atom is -0.488 e. The van der Waals surface area contributed by atoms with Gasteiger partial charge in [-0.2, -0.15) is 13.2 Å². The third-order valence-electron chi connectivity index (χ3n) is 3.03. The summed E-state index contributed by atoms with van der Waals surface area (Å²) in [5.74, 6) is -0.750. The average molecular weight is 389 g/mol. The molecule has 0 aliphatic carbocycles. The van der Waals surface area contributed by atoms with Crippen LogP contribution in [0.3, 0.4) is 0 Å². The Balaban J connectivity index is 2.16. The molecule has 7 heteroatoms. The van der Waals surface area contributed by atoms with Gasteiger partial charge in [0.2, 0.25) is 0 Å². The van der Waals surface area contributed by atoms with Gasteiger partial charge in [-0.05, 0) is 45.8 Å². The molecule has 2 aromatic carbocycles. The van der Waals surface area contributed by atoms with Crippen LogP contribution in [0.1, 0.15) is 21.5 Å². The number of hydrogen-bond donors (Lipinski definition) is 0. The molecule has 0 amide bonds. The molecule has 0 bridgehead atoms. The summed E-state index contributed by atoms with van der Waals surface area (Å²) in [7, 11) is 1.26. The van der Waals surface area contributed by atoms with Gasteiger partial charge in [0.15, 0.2) is 0 Å². The molecule has 2 rings (SSSR count). The SMILES string of the molecule is COC(=O)c1ccc(COc2ccccc2C(F)(F)F)cc1Br. The Morgan fingerprint density at radius 1 is 1.17 bits per heavy atom. The van der Waals surface area contributed by atoms with Crippen molar-refractivity contribution < 1.29 is 27.4 Å². The van der Waals surface area contributed by atoms with Crippen LogP contribution in [0.2, 0.25) is 0 Å². The van der Waals surface area contributed by atoms with Crippen molar-refractivity contribution in [2.24, 2.45) is 0 Å². The fraction of sp³-hybridized carbons (Fsp3) is 0.188. The number of methoxy groups -OCH3 is 1. The molecule has 2 aromatic rings. The standard InChI is InChI=1S/C16H12BrF3O3/c1-22-15(21)11-7-6-10(8-13(11)17)9-23-14-5-3-2-4-12(14)16(18,19)20/h2-8H,9H2,1H3. The lowest BCUT2D eigenvalue weighted by Crippen LogP contribution is -2.09. The van der Waals surface area contributed by atoms with Gasteiger partial charge in [0.25, 0.3) is 0 Å². The molecule has 0 aromatic heterocycles. The van der Waals surface area contributed by atoms with Crippen LogP contribution < -0.4 is 4.74 Å². The maximum Gasteiger partial charge on any atom is 0.419 e. The van der Waals surface area contributed by atoms with E-state index in [-0.39, 0.29) is 12.4 Å². The summed E-state index contributed by atoms with van der Waals surface area (Å²) < 4.78 is 49.0. The molecular formula is C16H12BrF3O3. The smallest absolute Gasteiger partial charge is 0.419 e. The van der Waals surface area contributed by atoms with Gasteiger partial charge in [-0.3, -0.25) is 0 Å². The minimum atomic E-state index is -4.48. The van der Waals surface area contributed by atoms with E-state index >= 15 is 0 Å². The van der Waals surface area contributed by atoms with E-state index in [9.17, 15) is 18.0 Å². The monoisotopic (exact) mass is 388 g/mol. The molecule has 0 saturated heterocycles. The van der Waals surface area contributed by atoms with Gasteiger partial charge >= 0.3 is 12.1 Å². The minimum absolute atomic E-state index is 0.0624. The number of alkyl halides is 3. The van der Waals surface area contributed by atoms with Crippen LogP contribution >= 0.6 is 15.9 Å². The highest BCUT2D eigenvalue weighted by atomic mass is 79.9. The van der Waals surface area contributed by atoms with Crippen LogP contribution in [0.25, 0.3) is 0 Å². The van der Waals surface area contributed by atoms with E-state index in [0.29, 0.717) is 15.6 Å². The Bertz CT molecular complexity index is 714. The first kappa shape index (κ1) is 17.3. The van der Waals surface area contributed by atoms with Crippen molar-refractivity contribution in [2.45, 2.75) is 12.8 Å². The predicted octanol–water partition coefficient (Wildman–Crippen LogP) is 4.83. The van der Waals surface area contributed by atoms with Gasteiger partial charge in [-0.25, -0.2) is 4.79 Å². The van der Waals surface area contributed by atoms with E-state index in [4.69, 9.17) is 4.74 Å². The van der Waals surface area contributed by atoms with Crippen molar-refractivity contribution in [2.75, 3.05) is 7.11 Å². The summed E-state index contributed by atoms with van der Waals surface area (Å²) in [6.45, 7) is -0.0624. The van der Waals surface area contributed by atoms with Gasteiger partial charge in [0.05, 0.1) is 18.2 Å². The van der Waals surface area contributed by atoms with Crippen LogP contribution in [0, 0.1) is 0 Å². The Morgan fingerprint density at radius 2 is 1.87 bits per heavy atom. The van der Waals surface area contributed by atoms with Gasteiger partial charge in [0.1, 0.15) is 12.4 Å². The summed E-state index contributed by atoms with van der Waals surface area (Å²) in [5, 5.41) is 0. The first-order valence-corrected chi connectivity index (χ1v) is 7.28. The van der Waals surface area contributed by atoms with Crippen molar-refractivity contribution in [1.82, 2.24) is 0 Å². The van der Waals surface area contributed by atoms with Crippen LogP contribution in [0.4, 0.5) is 13.2 Å². The predicted molar refractivity (Wildman–Crippen MR) is 81.3 cm³/mol. The second-order valence-corrected chi connectivity index (χ2v) is 5.44. The normalized spacial score (nSPS) is 11.2. The van der Waals surface area contributed by atoms with Crippen LogP contribution in [-0.4, -0.2) is 13.1 Å². The lowest BCUT2D eigenvalue weighted by molar-refractivity contribution is -0.139. The molecule has 122 valence electrons. The van der Waals surface area contributed by atoms with Crippen molar-refractivity contribution in [3.8, 4) is 5.75 Å². The van der Waals surface area contributed by atoms with E-state index < -0.39 is 17.7 Å². The number of esters is 1. The van der Waals surface area contributed by atoms with E-state index in [0.717, 1.165) is 6.07 Å². The zero-order chi connectivity index (χ0) is 17.0. The van der Waals surface area contributed by atoms with Crippen molar-refractivity contribution in [1.29, 1.82) is 0 Å². The van der Waals surface area contributed by atoms with Crippen LogP contribution in [0.15, 0.2) is 46.9 Å². The first-order chi connectivity index (χ1) is 10.8. The molecule has 0 atom stereocenters. The Hall–Kier alpha value is -2.02. The fourth-order valence-electron chi connectivity index (χ4n) is 1.91. The molecule has 0 N–H and O–H groups in total. The number of halogens is 4. The molecule has 3 nitrogen and oxygen atoms in total. The highest BCUT2D eigenvalue weighted by Crippen LogP contribution is 2.36. The summed E-state index contributed by atoms with van der Waals surface area (Å²) in [5.41, 5.74) is 0.110. The molecule has 0 aliphatic rings. The number of carbonyl (C=O) groups is 1. The third-order valence-corrected chi connectivity index (χ3v) is 3.68. The summed E-state index contributed by atoms with van der Waals surface area (Å²) >= 11 is 3.22. The van der Waals surface area contributed by atoms with Gasteiger partial charge in [0, 0.05) is 4.47 Å². The highest BCUT2D eigenvalue weighted by Gasteiger charge is 2.34. The van der Waals surface area contributed by atoms with Crippen LogP contribution in [-0.2, 0) is 17.5 Å². The van der Waals surface area contributed by atoms with E-state index in [1.54, 1.807) is 12.1 Å². The Morgan fingerprint density at radius 3 is 2.48 bits per heavy atom. The molecular weight excluding hydrogens is 377 g/mol. The lowest BCUT2D eigenvalue weighted by atomic mass is 10.1. The number of para-hydroxylation sites is 1. The molecule has 0 saturated carbocycles. The Labute approximate surface area is 139 Å². The number of rotatable bonds is 4. The maximum absolute atomic E-state index is 12.9. The van der Waals surface area contributed by atoms with E-state index in [2.05, 4.69) is 20.7 Å². The van der Waals surface area contributed by atoms with E-state index in [1.807, 2.05) is 0 Å². The second kappa shape index (κ2) is 7.04. The average Bonchev–Trinajstić information content (AvgIpc) is 2.51. The molecule has 0 unspecified atom stereocenters. The Kier molecular flexibility index (Phi) is 5.30. The molecule has 0 radical (unpaired) electrons. The topological polar surface area (TPSA) is 35.5 Å². The maximum atomic E-state index is 12.9. The van der Waals surface area contributed by atoms with Crippen molar-refractivity contribution >= 4 is 21.9 Å². The number of benzene rings is 2. The van der Waals surface area contributed by atoms with Gasteiger partial charge in [-0.15, -0.1) is 0 Å². The summed E-state index contributed by atoms with van der Waals surface area (Å²) in [6, 6.07) is 9.71. The molecule has 0 aliphatic heterocycles. The zero-order valence-corrected chi connectivity index (χ0v) is 13.6. The number of hydrogen-bond acceptors (Lipinski definition) is 3. The van der Waals surface area contributed by atoms with Gasteiger partial charge < -0.3 is 9.47 Å². The third kappa shape index (κ3) is 4.25. The molecule has 0 spiro atoms.